The van der Waals surface area contributed by atoms with Crippen LogP contribution in [0.15, 0.2) is 0 Å². The first-order valence-corrected chi connectivity index (χ1v) is 6.12. The number of nitrogens with one attached hydrogen (secondary N) is 1. The third-order valence-electron chi connectivity index (χ3n) is 2.09. The predicted molar refractivity (Wildman–Crippen MR) is 63.8 cm³/mol. The number of hydrogen-bond donors (Lipinski definition) is 2. The Hall–Kier alpha value is -1.17. The molecule has 0 radical (unpaired) electrons. The van der Waals surface area contributed by atoms with Crippen molar-refractivity contribution in [2.75, 3.05) is 5.32 Å². The number of hydrogen-bond acceptors (Lipinski definition) is 5. The highest BCUT2D eigenvalue weighted by Crippen LogP contribution is 2.16. The highest BCUT2D eigenvalue weighted by molar-refractivity contribution is 7.09. The molecule has 90 valence electrons. The third-order valence-corrected chi connectivity index (χ3v) is 2.77. The zero-order chi connectivity index (χ0) is 12.1. The van der Waals surface area contributed by atoms with Crippen molar-refractivity contribution in [2.45, 2.75) is 39.7 Å². The van der Waals surface area contributed by atoms with E-state index in [0.29, 0.717) is 17.5 Å². The summed E-state index contributed by atoms with van der Waals surface area (Å²) < 4.78 is 4.10. The molecular weight excluding hydrogens is 226 g/mol. The molecule has 0 aliphatic rings. The van der Waals surface area contributed by atoms with E-state index in [1.54, 1.807) is 0 Å². The van der Waals surface area contributed by atoms with Crippen LogP contribution in [-0.2, 0) is 11.2 Å². The van der Waals surface area contributed by atoms with Crippen molar-refractivity contribution < 1.29 is 9.90 Å². The lowest BCUT2D eigenvalue weighted by atomic mass is 10.0. The quantitative estimate of drug-likeness (QED) is 0.799. The number of carboxylic acids is 1. The second-order valence-electron chi connectivity index (χ2n) is 4.03. The van der Waals surface area contributed by atoms with Crippen LogP contribution in [0.1, 0.15) is 33.0 Å². The second kappa shape index (κ2) is 5.79. The van der Waals surface area contributed by atoms with Crippen molar-refractivity contribution in [2.24, 2.45) is 5.92 Å². The van der Waals surface area contributed by atoms with E-state index in [4.69, 9.17) is 5.11 Å². The summed E-state index contributed by atoms with van der Waals surface area (Å²) in [6.45, 7) is 5.96. The number of aryl methyl sites for hydroxylation is 1. The maximum atomic E-state index is 11.0. The summed E-state index contributed by atoms with van der Waals surface area (Å²) in [5.74, 6) is 0.232. The molecule has 0 bridgehead atoms. The van der Waals surface area contributed by atoms with Gasteiger partial charge in [0.25, 0.3) is 0 Å². The van der Waals surface area contributed by atoms with Crippen LogP contribution in [0.5, 0.6) is 0 Å². The molecule has 0 aliphatic carbocycles. The minimum absolute atomic E-state index is 0.326. The lowest BCUT2D eigenvalue weighted by Crippen LogP contribution is -2.30. The highest BCUT2D eigenvalue weighted by atomic mass is 32.1. The van der Waals surface area contributed by atoms with Crippen molar-refractivity contribution in [1.82, 2.24) is 9.36 Å². The Morgan fingerprint density at radius 1 is 1.56 bits per heavy atom. The van der Waals surface area contributed by atoms with Crippen molar-refractivity contribution in [1.29, 1.82) is 0 Å². The average Bonchev–Trinajstić information content (AvgIpc) is 2.63. The van der Waals surface area contributed by atoms with E-state index in [9.17, 15) is 4.79 Å². The summed E-state index contributed by atoms with van der Waals surface area (Å²) in [4.78, 5) is 15.2. The van der Waals surface area contributed by atoms with E-state index in [2.05, 4.69) is 14.7 Å². The van der Waals surface area contributed by atoms with Gasteiger partial charge in [-0.1, -0.05) is 20.8 Å². The fraction of sp³-hybridized carbons (Fsp3) is 0.700. The van der Waals surface area contributed by atoms with Crippen LogP contribution in [0.2, 0.25) is 0 Å². The Labute approximate surface area is 99.1 Å². The maximum absolute atomic E-state index is 11.0. The summed E-state index contributed by atoms with van der Waals surface area (Å²) >= 11 is 1.21. The molecule has 1 atom stereocenters. The predicted octanol–water partition coefficient (Wildman–Crippen LogP) is 2.01. The number of nitrogens with zero attached hydrogens (tertiary/aromatic N) is 2. The van der Waals surface area contributed by atoms with E-state index in [-0.39, 0.29) is 0 Å². The summed E-state index contributed by atoms with van der Waals surface area (Å²) in [6.07, 6.45) is 1.34. The molecule has 0 amide bonds. The Bertz CT molecular complexity index is 352. The van der Waals surface area contributed by atoms with Gasteiger partial charge in [0, 0.05) is 18.0 Å². The zero-order valence-electron chi connectivity index (χ0n) is 9.73. The molecule has 0 aliphatic heterocycles. The molecule has 0 spiro atoms. The van der Waals surface area contributed by atoms with Crippen LogP contribution in [0.4, 0.5) is 5.13 Å². The van der Waals surface area contributed by atoms with Crippen LogP contribution in [0.25, 0.3) is 0 Å². The van der Waals surface area contributed by atoms with Gasteiger partial charge in [0.05, 0.1) is 0 Å². The molecule has 1 aromatic heterocycles. The third kappa shape index (κ3) is 3.77. The molecule has 6 heteroatoms. The Morgan fingerprint density at radius 2 is 2.25 bits per heavy atom. The van der Waals surface area contributed by atoms with Gasteiger partial charge in [0.2, 0.25) is 5.13 Å². The summed E-state index contributed by atoms with van der Waals surface area (Å²) in [7, 11) is 0. The van der Waals surface area contributed by atoms with Crippen LogP contribution < -0.4 is 5.32 Å². The van der Waals surface area contributed by atoms with E-state index in [1.165, 1.54) is 11.5 Å². The van der Waals surface area contributed by atoms with Gasteiger partial charge in [-0.15, -0.1) is 0 Å². The lowest BCUT2D eigenvalue weighted by Gasteiger charge is -2.15. The van der Waals surface area contributed by atoms with E-state index in [0.717, 1.165) is 12.2 Å². The molecular formula is C10H17N3O2S. The first-order valence-electron chi connectivity index (χ1n) is 5.34. The minimum Gasteiger partial charge on any atom is -0.480 e. The fourth-order valence-corrected chi connectivity index (χ4v) is 2.00. The first kappa shape index (κ1) is 12.9. The molecule has 16 heavy (non-hydrogen) atoms. The molecule has 0 fully saturated rings. The monoisotopic (exact) mass is 243 g/mol. The van der Waals surface area contributed by atoms with Crippen LogP contribution in [0, 0.1) is 5.92 Å². The molecule has 1 unspecified atom stereocenters. The second-order valence-corrected chi connectivity index (χ2v) is 4.79. The van der Waals surface area contributed by atoms with Gasteiger partial charge in [0.1, 0.15) is 11.9 Å². The largest absolute Gasteiger partial charge is 0.480 e. The van der Waals surface area contributed by atoms with Crippen molar-refractivity contribution in [3.63, 3.8) is 0 Å². The number of aliphatic carboxylic acids is 1. The smallest absolute Gasteiger partial charge is 0.326 e. The van der Waals surface area contributed by atoms with E-state index >= 15 is 0 Å². The number of rotatable bonds is 6. The Kier molecular flexibility index (Phi) is 4.67. The maximum Gasteiger partial charge on any atom is 0.326 e. The molecule has 1 aromatic rings. The summed E-state index contributed by atoms with van der Waals surface area (Å²) in [5, 5.41) is 12.5. The number of carbonyl (C=O) groups is 1. The first-order chi connectivity index (χ1) is 7.52. The normalized spacial score (nSPS) is 12.8. The summed E-state index contributed by atoms with van der Waals surface area (Å²) in [5.41, 5.74) is 0. The molecule has 0 aromatic carbocycles. The standard InChI is InChI=1S/C10H17N3O2S/c1-4-8-12-10(16-13-8)11-7(9(14)15)5-6(2)3/h6-7H,4-5H2,1-3H3,(H,14,15)(H,11,12,13). The fourth-order valence-electron chi connectivity index (χ4n) is 1.30. The SMILES string of the molecule is CCc1nsc(NC(CC(C)C)C(=O)O)n1. The number of aromatic nitrogens is 2. The van der Waals surface area contributed by atoms with Crippen LogP contribution >= 0.6 is 11.5 Å². The van der Waals surface area contributed by atoms with Gasteiger partial charge in [-0.05, 0) is 12.3 Å². The van der Waals surface area contributed by atoms with E-state index in [1.807, 2.05) is 20.8 Å². The average molecular weight is 243 g/mol. The highest BCUT2D eigenvalue weighted by Gasteiger charge is 2.19. The van der Waals surface area contributed by atoms with Crippen molar-refractivity contribution in [3.8, 4) is 0 Å². The van der Waals surface area contributed by atoms with Crippen molar-refractivity contribution >= 4 is 22.6 Å². The van der Waals surface area contributed by atoms with Gasteiger partial charge in [-0.25, -0.2) is 9.78 Å². The van der Waals surface area contributed by atoms with Gasteiger partial charge >= 0.3 is 5.97 Å². The molecule has 0 saturated carbocycles. The minimum atomic E-state index is -0.845. The summed E-state index contributed by atoms with van der Waals surface area (Å²) in [6, 6.07) is -0.586. The van der Waals surface area contributed by atoms with E-state index < -0.39 is 12.0 Å². The molecule has 1 heterocycles. The number of anilines is 1. The zero-order valence-corrected chi connectivity index (χ0v) is 10.5. The topological polar surface area (TPSA) is 75.1 Å². The van der Waals surface area contributed by atoms with Crippen LogP contribution in [0.3, 0.4) is 0 Å². The van der Waals surface area contributed by atoms with Gasteiger partial charge in [-0.2, -0.15) is 4.37 Å². The van der Waals surface area contributed by atoms with Gasteiger partial charge in [0.15, 0.2) is 0 Å². The Morgan fingerprint density at radius 3 is 2.69 bits per heavy atom. The Balaban J connectivity index is 2.64. The van der Waals surface area contributed by atoms with Gasteiger partial charge < -0.3 is 10.4 Å². The van der Waals surface area contributed by atoms with Gasteiger partial charge in [-0.3, -0.25) is 0 Å². The van der Waals surface area contributed by atoms with Crippen LogP contribution in [-0.4, -0.2) is 26.5 Å². The number of carboxylic acid groups (broad SMARTS) is 1. The lowest BCUT2D eigenvalue weighted by molar-refractivity contribution is -0.138. The molecule has 5 nitrogen and oxygen atoms in total. The molecule has 0 saturated heterocycles. The van der Waals surface area contributed by atoms with Crippen molar-refractivity contribution in [3.05, 3.63) is 5.82 Å². The molecule has 2 N–H and O–H groups in total. The molecule has 1 rings (SSSR count).